The van der Waals surface area contributed by atoms with E-state index in [1.54, 1.807) is 7.11 Å². The van der Waals surface area contributed by atoms with Gasteiger partial charge in [0, 0.05) is 30.8 Å². The largest absolute Gasteiger partial charge is 0.496 e. The van der Waals surface area contributed by atoms with Crippen molar-refractivity contribution >= 4 is 0 Å². The number of hydrogen-bond donors (Lipinski definition) is 1. The first-order valence-electron chi connectivity index (χ1n) is 7.78. The zero-order valence-electron chi connectivity index (χ0n) is 14.5. The molecule has 0 aliphatic carbocycles. The van der Waals surface area contributed by atoms with Crippen molar-refractivity contribution in [2.75, 3.05) is 13.7 Å². The predicted molar refractivity (Wildman–Crippen MR) is 90.7 cm³/mol. The molecule has 4 heteroatoms. The Morgan fingerprint density at radius 1 is 1.18 bits per heavy atom. The van der Waals surface area contributed by atoms with Crippen LogP contribution in [0.4, 0.5) is 0 Å². The highest BCUT2D eigenvalue weighted by Gasteiger charge is 2.22. The molecule has 22 heavy (non-hydrogen) atoms. The standard InChI is InChI=1S/C18H27N3O/c1-11(2)16-9-17(21(5)20-16)15(10-19)14-7-12(3)13(4)8-18(14)22-6/h7-9,11,15H,10,19H2,1-6H3. The molecule has 0 saturated carbocycles. The SMILES string of the molecule is COc1cc(C)c(C)cc1C(CN)c1cc(C(C)C)nn1C. The smallest absolute Gasteiger partial charge is 0.123 e. The average molecular weight is 301 g/mol. The monoisotopic (exact) mass is 301 g/mol. The molecular formula is C18H27N3O. The lowest BCUT2D eigenvalue weighted by Gasteiger charge is -2.20. The molecule has 2 rings (SSSR count). The number of rotatable bonds is 5. The molecule has 0 fully saturated rings. The number of aryl methyl sites for hydroxylation is 3. The minimum Gasteiger partial charge on any atom is -0.496 e. The third-order valence-corrected chi connectivity index (χ3v) is 4.34. The van der Waals surface area contributed by atoms with E-state index in [9.17, 15) is 0 Å². The number of nitrogens with zero attached hydrogens (tertiary/aromatic N) is 2. The van der Waals surface area contributed by atoms with Gasteiger partial charge >= 0.3 is 0 Å². The molecule has 120 valence electrons. The molecule has 2 aromatic rings. The van der Waals surface area contributed by atoms with Gasteiger partial charge in [-0.3, -0.25) is 4.68 Å². The van der Waals surface area contributed by atoms with Crippen LogP contribution in [-0.2, 0) is 7.05 Å². The van der Waals surface area contributed by atoms with E-state index in [0.29, 0.717) is 12.5 Å². The third kappa shape index (κ3) is 3.02. The van der Waals surface area contributed by atoms with Crippen molar-refractivity contribution in [1.29, 1.82) is 0 Å². The van der Waals surface area contributed by atoms with Crippen LogP contribution in [0.3, 0.4) is 0 Å². The van der Waals surface area contributed by atoms with Crippen LogP contribution in [0.15, 0.2) is 18.2 Å². The van der Waals surface area contributed by atoms with Crippen LogP contribution in [0.1, 0.15) is 53.8 Å². The molecule has 0 saturated heterocycles. The Morgan fingerprint density at radius 3 is 2.32 bits per heavy atom. The molecule has 1 aromatic carbocycles. The Balaban J connectivity index is 2.55. The summed E-state index contributed by atoms with van der Waals surface area (Å²) in [5, 5.41) is 4.62. The Kier molecular flexibility index (Phi) is 4.91. The molecule has 1 atom stereocenters. The second kappa shape index (κ2) is 6.53. The van der Waals surface area contributed by atoms with Gasteiger partial charge < -0.3 is 10.5 Å². The maximum Gasteiger partial charge on any atom is 0.123 e. The zero-order valence-corrected chi connectivity index (χ0v) is 14.5. The normalized spacial score (nSPS) is 12.7. The van der Waals surface area contributed by atoms with Gasteiger partial charge in [-0.2, -0.15) is 5.10 Å². The Bertz CT molecular complexity index is 659. The van der Waals surface area contributed by atoms with Crippen molar-refractivity contribution in [2.24, 2.45) is 12.8 Å². The lowest BCUT2D eigenvalue weighted by Crippen LogP contribution is -2.18. The molecule has 0 radical (unpaired) electrons. The van der Waals surface area contributed by atoms with Crippen LogP contribution in [0, 0.1) is 13.8 Å². The molecule has 0 amide bonds. The summed E-state index contributed by atoms with van der Waals surface area (Å²) in [6.07, 6.45) is 0. The molecule has 1 heterocycles. The number of aromatic nitrogens is 2. The second-order valence-corrected chi connectivity index (χ2v) is 6.24. The van der Waals surface area contributed by atoms with Crippen LogP contribution in [0.25, 0.3) is 0 Å². The van der Waals surface area contributed by atoms with Crippen LogP contribution < -0.4 is 10.5 Å². The van der Waals surface area contributed by atoms with Gasteiger partial charge in [-0.05, 0) is 43.0 Å². The number of benzene rings is 1. The summed E-state index contributed by atoms with van der Waals surface area (Å²) in [6.45, 7) is 9.05. The summed E-state index contributed by atoms with van der Waals surface area (Å²) in [7, 11) is 3.70. The highest BCUT2D eigenvalue weighted by molar-refractivity contribution is 5.46. The quantitative estimate of drug-likeness (QED) is 0.922. The van der Waals surface area contributed by atoms with E-state index in [1.807, 2.05) is 11.7 Å². The lowest BCUT2D eigenvalue weighted by atomic mass is 9.91. The van der Waals surface area contributed by atoms with E-state index in [1.165, 1.54) is 11.1 Å². The van der Waals surface area contributed by atoms with Gasteiger partial charge in [0.25, 0.3) is 0 Å². The number of hydrogen-bond acceptors (Lipinski definition) is 3. The first kappa shape index (κ1) is 16.6. The fraction of sp³-hybridized carbons (Fsp3) is 0.500. The highest BCUT2D eigenvalue weighted by Crippen LogP contribution is 2.34. The van der Waals surface area contributed by atoms with Gasteiger partial charge in [-0.25, -0.2) is 0 Å². The van der Waals surface area contributed by atoms with E-state index >= 15 is 0 Å². The first-order chi connectivity index (χ1) is 10.4. The Hall–Kier alpha value is -1.81. The van der Waals surface area contributed by atoms with E-state index < -0.39 is 0 Å². The van der Waals surface area contributed by atoms with Gasteiger partial charge in [0.1, 0.15) is 5.75 Å². The highest BCUT2D eigenvalue weighted by atomic mass is 16.5. The molecule has 4 nitrogen and oxygen atoms in total. The summed E-state index contributed by atoms with van der Waals surface area (Å²) in [5.74, 6) is 1.38. The van der Waals surface area contributed by atoms with Gasteiger partial charge in [0.15, 0.2) is 0 Å². The molecule has 0 spiro atoms. The number of methoxy groups -OCH3 is 1. The number of ether oxygens (including phenoxy) is 1. The fourth-order valence-electron chi connectivity index (χ4n) is 2.78. The van der Waals surface area contributed by atoms with Crippen LogP contribution >= 0.6 is 0 Å². The minimum absolute atomic E-state index is 0.0826. The molecule has 1 aromatic heterocycles. The Morgan fingerprint density at radius 2 is 1.82 bits per heavy atom. The maximum absolute atomic E-state index is 6.11. The van der Waals surface area contributed by atoms with Crippen LogP contribution in [-0.4, -0.2) is 23.4 Å². The minimum atomic E-state index is 0.0826. The number of nitrogens with two attached hydrogens (primary N) is 1. The van der Waals surface area contributed by atoms with Crippen LogP contribution in [0.2, 0.25) is 0 Å². The summed E-state index contributed by atoms with van der Waals surface area (Å²) in [5.41, 5.74) is 11.9. The van der Waals surface area contributed by atoms with Gasteiger partial charge in [-0.15, -0.1) is 0 Å². The van der Waals surface area contributed by atoms with Crippen molar-refractivity contribution < 1.29 is 4.74 Å². The van der Waals surface area contributed by atoms with Gasteiger partial charge in [0.2, 0.25) is 0 Å². The molecule has 0 bridgehead atoms. The van der Waals surface area contributed by atoms with Gasteiger partial charge in [0.05, 0.1) is 12.8 Å². The molecule has 0 aliphatic heterocycles. The molecule has 2 N–H and O–H groups in total. The lowest BCUT2D eigenvalue weighted by molar-refractivity contribution is 0.406. The summed E-state index contributed by atoms with van der Waals surface area (Å²) in [6, 6.07) is 6.44. The zero-order chi connectivity index (χ0) is 16.4. The molecular weight excluding hydrogens is 274 g/mol. The van der Waals surface area contributed by atoms with E-state index in [-0.39, 0.29) is 5.92 Å². The van der Waals surface area contributed by atoms with E-state index in [0.717, 1.165) is 22.7 Å². The summed E-state index contributed by atoms with van der Waals surface area (Å²) < 4.78 is 7.54. The first-order valence-corrected chi connectivity index (χ1v) is 7.78. The maximum atomic E-state index is 6.11. The van der Waals surface area contributed by atoms with Crippen LogP contribution in [0.5, 0.6) is 5.75 Å². The van der Waals surface area contributed by atoms with E-state index in [4.69, 9.17) is 10.5 Å². The van der Waals surface area contributed by atoms with Crippen molar-refractivity contribution in [3.05, 3.63) is 46.3 Å². The van der Waals surface area contributed by atoms with Crippen molar-refractivity contribution in [1.82, 2.24) is 9.78 Å². The molecule has 1 unspecified atom stereocenters. The fourth-order valence-corrected chi connectivity index (χ4v) is 2.78. The second-order valence-electron chi connectivity index (χ2n) is 6.24. The topological polar surface area (TPSA) is 53.1 Å². The van der Waals surface area contributed by atoms with Crippen molar-refractivity contribution in [3.63, 3.8) is 0 Å². The molecule has 0 aliphatic rings. The summed E-state index contributed by atoms with van der Waals surface area (Å²) >= 11 is 0. The third-order valence-electron chi connectivity index (χ3n) is 4.34. The van der Waals surface area contributed by atoms with E-state index in [2.05, 4.69) is 51.0 Å². The average Bonchev–Trinajstić information content (AvgIpc) is 2.85. The predicted octanol–water partition coefficient (Wildman–Crippen LogP) is 3.26. The summed E-state index contributed by atoms with van der Waals surface area (Å²) in [4.78, 5) is 0. The van der Waals surface area contributed by atoms with Gasteiger partial charge in [-0.1, -0.05) is 19.9 Å². The van der Waals surface area contributed by atoms with Crippen molar-refractivity contribution in [2.45, 2.75) is 39.5 Å². The Labute approximate surface area is 133 Å². The van der Waals surface area contributed by atoms with Crippen molar-refractivity contribution in [3.8, 4) is 5.75 Å².